The second kappa shape index (κ2) is 5.27. The van der Waals surface area contributed by atoms with Crippen LogP contribution in [0.2, 0.25) is 0 Å². The Morgan fingerprint density at radius 3 is 2.76 bits per heavy atom. The summed E-state index contributed by atoms with van der Waals surface area (Å²) in [6.45, 7) is 0.356. The predicted molar refractivity (Wildman–Crippen MR) is 93.5 cm³/mol. The molecule has 0 saturated heterocycles. The maximum atomic E-state index is 13.1. The van der Waals surface area contributed by atoms with Gasteiger partial charge in [0.15, 0.2) is 5.78 Å². The van der Waals surface area contributed by atoms with Crippen molar-refractivity contribution in [1.82, 2.24) is 15.2 Å². The molecule has 0 unspecified atom stereocenters. The van der Waals surface area contributed by atoms with Gasteiger partial charge in [0.1, 0.15) is 18.1 Å². The topological polar surface area (TPSA) is 67.9 Å². The van der Waals surface area contributed by atoms with Crippen LogP contribution in [-0.4, -0.2) is 21.0 Å². The van der Waals surface area contributed by atoms with Crippen molar-refractivity contribution in [3.05, 3.63) is 77.6 Å². The number of carbonyl (C=O) groups excluding carboxylic acids is 1. The number of ether oxygens (including phenoxy) is 1. The average Bonchev–Trinajstić information content (AvgIpc) is 3.10. The molecule has 25 heavy (non-hydrogen) atoms. The van der Waals surface area contributed by atoms with E-state index in [2.05, 4.69) is 15.2 Å². The highest BCUT2D eigenvalue weighted by Crippen LogP contribution is 2.41. The number of H-pyrrole nitrogens is 1. The molecular weight excluding hydrogens is 314 g/mol. The molecule has 4 aromatic rings. The van der Waals surface area contributed by atoms with Crippen LogP contribution in [0.5, 0.6) is 5.75 Å². The van der Waals surface area contributed by atoms with E-state index in [1.807, 2.05) is 48.5 Å². The van der Waals surface area contributed by atoms with E-state index in [9.17, 15) is 4.79 Å². The number of rotatable bonds is 3. The van der Waals surface area contributed by atoms with Crippen molar-refractivity contribution in [2.75, 3.05) is 0 Å². The van der Waals surface area contributed by atoms with Crippen molar-refractivity contribution < 1.29 is 9.53 Å². The molecule has 5 heteroatoms. The summed E-state index contributed by atoms with van der Waals surface area (Å²) < 4.78 is 5.95. The number of hydrogen-bond donors (Lipinski definition) is 1. The lowest BCUT2D eigenvalue weighted by Gasteiger charge is -2.18. The van der Waals surface area contributed by atoms with Gasteiger partial charge in [0.2, 0.25) is 0 Å². The SMILES string of the molecule is O=C1c2c(OCc3cccnc3)cccc2-c2n[nH]c3cccc1c23. The number of hydrogen-bond acceptors (Lipinski definition) is 4. The van der Waals surface area contributed by atoms with Gasteiger partial charge < -0.3 is 4.74 Å². The Kier molecular flexibility index (Phi) is 2.94. The van der Waals surface area contributed by atoms with Crippen molar-refractivity contribution in [2.45, 2.75) is 6.61 Å². The van der Waals surface area contributed by atoms with Gasteiger partial charge in [0.25, 0.3) is 0 Å². The van der Waals surface area contributed by atoms with Crippen LogP contribution < -0.4 is 4.74 Å². The van der Waals surface area contributed by atoms with Gasteiger partial charge in [-0.1, -0.05) is 30.3 Å². The van der Waals surface area contributed by atoms with Gasteiger partial charge in [0, 0.05) is 34.5 Å². The molecule has 0 saturated carbocycles. The molecule has 2 aromatic carbocycles. The molecule has 0 bridgehead atoms. The van der Waals surface area contributed by atoms with Gasteiger partial charge in [-0.05, 0) is 18.2 Å². The van der Waals surface area contributed by atoms with E-state index in [-0.39, 0.29) is 5.78 Å². The Morgan fingerprint density at radius 2 is 1.88 bits per heavy atom. The Balaban J connectivity index is 1.63. The summed E-state index contributed by atoms with van der Waals surface area (Å²) in [4.78, 5) is 17.2. The fraction of sp³-hybridized carbons (Fsp3) is 0.0500. The molecule has 0 atom stereocenters. The van der Waals surface area contributed by atoms with Gasteiger partial charge in [-0.3, -0.25) is 14.9 Å². The summed E-state index contributed by atoms with van der Waals surface area (Å²) in [7, 11) is 0. The van der Waals surface area contributed by atoms with Gasteiger partial charge in [-0.2, -0.15) is 5.10 Å². The maximum absolute atomic E-state index is 13.1. The molecule has 1 aliphatic rings. The molecule has 120 valence electrons. The van der Waals surface area contributed by atoms with Crippen molar-refractivity contribution in [3.63, 3.8) is 0 Å². The first kappa shape index (κ1) is 13.9. The molecule has 5 nitrogen and oxygen atoms in total. The third-order valence-electron chi connectivity index (χ3n) is 4.46. The minimum absolute atomic E-state index is 0.0312. The van der Waals surface area contributed by atoms with Crippen LogP contribution in [0.25, 0.3) is 22.2 Å². The molecule has 0 aliphatic heterocycles. The van der Waals surface area contributed by atoms with Crippen LogP contribution >= 0.6 is 0 Å². The second-order valence-corrected chi connectivity index (χ2v) is 5.96. The molecule has 0 fully saturated rings. The minimum Gasteiger partial charge on any atom is -0.488 e. The Bertz CT molecular complexity index is 1120. The zero-order valence-corrected chi connectivity index (χ0v) is 13.2. The molecule has 1 N–H and O–H groups in total. The van der Waals surface area contributed by atoms with Crippen molar-refractivity contribution in [3.8, 4) is 17.0 Å². The van der Waals surface area contributed by atoms with Crippen LogP contribution in [-0.2, 0) is 6.61 Å². The second-order valence-electron chi connectivity index (χ2n) is 5.96. The van der Waals surface area contributed by atoms with Crippen LogP contribution in [0.15, 0.2) is 60.9 Å². The molecule has 0 radical (unpaired) electrons. The minimum atomic E-state index is -0.0312. The number of pyridine rings is 1. The van der Waals surface area contributed by atoms with Crippen LogP contribution in [0.3, 0.4) is 0 Å². The first-order valence-corrected chi connectivity index (χ1v) is 8.00. The summed E-state index contributed by atoms with van der Waals surface area (Å²) in [5.74, 6) is 0.535. The highest BCUT2D eigenvalue weighted by atomic mass is 16.5. The monoisotopic (exact) mass is 327 g/mol. The number of fused-ring (bicyclic) bond motifs is 2. The van der Waals surface area contributed by atoms with E-state index in [4.69, 9.17) is 4.74 Å². The fourth-order valence-corrected chi connectivity index (χ4v) is 3.32. The van der Waals surface area contributed by atoms with Crippen LogP contribution in [0.4, 0.5) is 0 Å². The maximum Gasteiger partial charge on any atom is 0.198 e. The normalized spacial score (nSPS) is 12.2. The summed E-state index contributed by atoms with van der Waals surface area (Å²) in [6, 6.07) is 15.1. The van der Waals surface area contributed by atoms with Gasteiger partial charge in [0.05, 0.1) is 11.1 Å². The average molecular weight is 327 g/mol. The molecule has 2 heterocycles. The largest absolute Gasteiger partial charge is 0.488 e. The number of carbonyl (C=O) groups is 1. The lowest BCUT2D eigenvalue weighted by atomic mass is 9.87. The Labute approximate surface area is 143 Å². The molecular formula is C20H13N3O2. The number of ketones is 1. The number of aromatic amines is 1. The molecule has 0 amide bonds. The van der Waals surface area contributed by atoms with E-state index in [1.54, 1.807) is 12.4 Å². The van der Waals surface area contributed by atoms with Crippen LogP contribution in [0.1, 0.15) is 21.5 Å². The van der Waals surface area contributed by atoms with E-state index in [1.165, 1.54) is 0 Å². The number of nitrogens with one attached hydrogen (secondary N) is 1. The molecule has 0 spiro atoms. The highest BCUT2D eigenvalue weighted by molar-refractivity contribution is 6.26. The Hall–Kier alpha value is -3.47. The quantitative estimate of drug-likeness (QED) is 0.548. The fourth-order valence-electron chi connectivity index (χ4n) is 3.32. The third kappa shape index (κ3) is 2.06. The zero-order valence-electron chi connectivity index (χ0n) is 13.2. The van der Waals surface area contributed by atoms with Crippen molar-refractivity contribution >= 4 is 16.7 Å². The van der Waals surface area contributed by atoms with Gasteiger partial charge in [-0.25, -0.2) is 0 Å². The summed E-state index contributed by atoms with van der Waals surface area (Å²) in [5, 5.41) is 8.30. The van der Waals surface area contributed by atoms with E-state index in [0.717, 1.165) is 27.7 Å². The number of nitrogens with zero attached hydrogens (tertiary/aromatic N) is 2. The zero-order chi connectivity index (χ0) is 16.8. The number of benzene rings is 2. The smallest absolute Gasteiger partial charge is 0.198 e. The van der Waals surface area contributed by atoms with Crippen molar-refractivity contribution in [2.24, 2.45) is 0 Å². The standard InChI is InChI=1S/C20H13N3O2/c24-20-14-6-1-7-15-17(14)19(23-22-15)13-5-2-8-16(18(13)20)25-11-12-4-3-9-21-10-12/h1-10H,11H2,(H,22,23). The van der Waals surface area contributed by atoms with Gasteiger partial charge in [-0.15, -0.1) is 0 Å². The first-order chi connectivity index (χ1) is 12.3. The van der Waals surface area contributed by atoms with Crippen LogP contribution in [0, 0.1) is 0 Å². The predicted octanol–water partition coefficient (Wildman–Crippen LogP) is 3.75. The summed E-state index contributed by atoms with van der Waals surface area (Å²) in [6.07, 6.45) is 3.47. The molecule has 2 aromatic heterocycles. The first-order valence-electron chi connectivity index (χ1n) is 8.00. The Morgan fingerprint density at radius 1 is 1.00 bits per heavy atom. The van der Waals surface area contributed by atoms with E-state index in [0.29, 0.717) is 23.5 Å². The molecule has 5 rings (SSSR count). The summed E-state index contributed by atoms with van der Waals surface area (Å²) >= 11 is 0. The highest BCUT2D eigenvalue weighted by Gasteiger charge is 2.30. The number of aromatic nitrogens is 3. The van der Waals surface area contributed by atoms with E-state index >= 15 is 0 Å². The lowest BCUT2D eigenvalue weighted by Crippen LogP contribution is -2.11. The van der Waals surface area contributed by atoms with Gasteiger partial charge >= 0.3 is 0 Å². The summed E-state index contributed by atoms with van der Waals surface area (Å²) in [5.41, 5.74) is 4.65. The third-order valence-corrected chi connectivity index (χ3v) is 4.46. The lowest BCUT2D eigenvalue weighted by molar-refractivity contribution is 0.103. The van der Waals surface area contributed by atoms with Crippen molar-refractivity contribution in [1.29, 1.82) is 0 Å². The van der Waals surface area contributed by atoms with E-state index < -0.39 is 0 Å². The molecule has 1 aliphatic carbocycles.